The molecule has 2 rings (SSSR count). The molecule has 0 bridgehead atoms. The predicted octanol–water partition coefficient (Wildman–Crippen LogP) is 2.34. The lowest BCUT2D eigenvalue weighted by Gasteiger charge is -2.14. The van der Waals surface area contributed by atoms with Crippen LogP contribution in [0.4, 0.5) is 11.4 Å². The summed E-state index contributed by atoms with van der Waals surface area (Å²) in [5, 5.41) is 14.2. The van der Waals surface area contributed by atoms with Crippen LogP contribution in [0.15, 0.2) is 16.6 Å². The predicted molar refractivity (Wildman–Crippen MR) is 75.0 cm³/mol. The van der Waals surface area contributed by atoms with Crippen molar-refractivity contribution in [1.82, 2.24) is 0 Å². The summed E-state index contributed by atoms with van der Waals surface area (Å²) in [5.74, 6) is -0.741. The van der Waals surface area contributed by atoms with Gasteiger partial charge in [-0.25, -0.2) is 4.79 Å². The van der Waals surface area contributed by atoms with Crippen LogP contribution >= 0.6 is 15.9 Å². The monoisotopic (exact) mass is 344 g/mol. The molecule has 1 aromatic carbocycles. The second-order valence-electron chi connectivity index (χ2n) is 4.30. The van der Waals surface area contributed by atoms with Gasteiger partial charge in [0.1, 0.15) is 5.56 Å². The van der Waals surface area contributed by atoms with Crippen LogP contribution in [0.1, 0.15) is 16.8 Å². The summed E-state index contributed by atoms with van der Waals surface area (Å²) in [6, 6.07) is 2.84. The molecule has 108 valence electrons. The second-order valence-corrected chi connectivity index (χ2v) is 5.16. The maximum atomic E-state index is 11.6. The zero-order chi connectivity index (χ0) is 14.7. The number of halogens is 1. The van der Waals surface area contributed by atoms with Gasteiger partial charge >= 0.3 is 5.97 Å². The van der Waals surface area contributed by atoms with Gasteiger partial charge in [0.2, 0.25) is 0 Å². The Morgan fingerprint density at radius 1 is 1.60 bits per heavy atom. The normalized spacial score (nSPS) is 17.8. The van der Waals surface area contributed by atoms with Crippen LogP contribution in [0, 0.1) is 10.1 Å². The summed E-state index contributed by atoms with van der Waals surface area (Å²) in [4.78, 5) is 22.0. The summed E-state index contributed by atoms with van der Waals surface area (Å²) in [6.07, 6.45) is 0.844. The van der Waals surface area contributed by atoms with Crippen LogP contribution in [0.3, 0.4) is 0 Å². The Hall–Kier alpha value is -1.67. The average molecular weight is 345 g/mol. The Morgan fingerprint density at radius 3 is 2.90 bits per heavy atom. The first-order chi connectivity index (χ1) is 9.52. The molecule has 0 saturated carbocycles. The van der Waals surface area contributed by atoms with Gasteiger partial charge in [0.05, 0.1) is 30.4 Å². The molecule has 0 unspecified atom stereocenters. The fraction of sp³-hybridized carbons (Fsp3) is 0.417. The van der Waals surface area contributed by atoms with Gasteiger partial charge in [-0.15, -0.1) is 0 Å². The Labute approximate surface area is 123 Å². The molecule has 1 fully saturated rings. The highest BCUT2D eigenvalue weighted by molar-refractivity contribution is 9.10. The van der Waals surface area contributed by atoms with E-state index in [0.29, 0.717) is 23.4 Å². The fourth-order valence-electron chi connectivity index (χ4n) is 1.97. The smallest absolute Gasteiger partial charge is 0.344 e. The van der Waals surface area contributed by atoms with E-state index in [-0.39, 0.29) is 17.3 Å². The van der Waals surface area contributed by atoms with Crippen LogP contribution < -0.4 is 5.32 Å². The molecule has 1 saturated heterocycles. The van der Waals surface area contributed by atoms with Gasteiger partial charge in [-0.2, -0.15) is 0 Å². The van der Waals surface area contributed by atoms with Crippen molar-refractivity contribution < 1.29 is 19.2 Å². The molecule has 0 radical (unpaired) electrons. The van der Waals surface area contributed by atoms with Crippen LogP contribution in [0.2, 0.25) is 0 Å². The third-order valence-electron chi connectivity index (χ3n) is 2.98. The van der Waals surface area contributed by atoms with Crippen molar-refractivity contribution in [3.63, 3.8) is 0 Å². The number of nitro benzene ring substituents is 1. The second kappa shape index (κ2) is 6.19. The molecule has 0 spiro atoms. The number of benzene rings is 1. The summed E-state index contributed by atoms with van der Waals surface area (Å²) in [7, 11) is 1.19. The number of methoxy groups -OCH3 is 1. The third kappa shape index (κ3) is 3.07. The number of nitrogens with one attached hydrogen (secondary N) is 1. The number of rotatable bonds is 4. The summed E-state index contributed by atoms with van der Waals surface area (Å²) in [6.45, 7) is 1.24. The fourth-order valence-corrected chi connectivity index (χ4v) is 2.41. The van der Waals surface area contributed by atoms with Gasteiger partial charge in [0.25, 0.3) is 5.69 Å². The number of nitro groups is 1. The van der Waals surface area contributed by atoms with E-state index in [9.17, 15) is 14.9 Å². The number of esters is 1. The molecule has 1 aliphatic rings. The third-order valence-corrected chi connectivity index (χ3v) is 3.63. The largest absolute Gasteiger partial charge is 0.465 e. The van der Waals surface area contributed by atoms with Crippen LogP contribution in [-0.4, -0.2) is 37.3 Å². The van der Waals surface area contributed by atoms with Crippen LogP contribution in [-0.2, 0) is 9.47 Å². The first-order valence-electron chi connectivity index (χ1n) is 5.93. The van der Waals surface area contributed by atoms with E-state index < -0.39 is 10.9 Å². The van der Waals surface area contributed by atoms with E-state index in [0.717, 1.165) is 6.42 Å². The first-order valence-corrected chi connectivity index (χ1v) is 6.72. The van der Waals surface area contributed by atoms with Crippen molar-refractivity contribution in [2.45, 2.75) is 12.5 Å². The number of anilines is 1. The highest BCUT2D eigenvalue weighted by Crippen LogP contribution is 2.32. The van der Waals surface area contributed by atoms with Crippen molar-refractivity contribution in [1.29, 1.82) is 0 Å². The van der Waals surface area contributed by atoms with Crippen LogP contribution in [0.25, 0.3) is 0 Å². The van der Waals surface area contributed by atoms with Gasteiger partial charge in [-0.3, -0.25) is 10.1 Å². The SMILES string of the molecule is COC(=O)c1cc(N[C@H]2CCOC2)c(Br)cc1[N+](=O)[O-]. The number of hydrogen-bond donors (Lipinski definition) is 1. The molecule has 1 aliphatic heterocycles. The lowest BCUT2D eigenvalue weighted by atomic mass is 10.1. The van der Waals surface area contributed by atoms with Gasteiger partial charge in [-0.1, -0.05) is 0 Å². The minimum absolute atomic E-state index is 0.0814. The minimum atomic E-state index is -0.741. The van der Waals surface area contributed by atoms with E-state index in [1.165, 1.54) is 19.2 Å². The minimum Gasteiger partial charge on any atom is -0.465 e. The molecule has 1 N–H and O–H groups in total. The standard InChI is InChI=1S/C12H13BrN2O5/c1-19-12(16)8-4-10(14-7-2-3-20-6-7)9(13)5-11(8)15(17)18/h4-5,7,14H,2-3,6H2,1H3/t7-/m0/s1. The van der Waals surface area contributed by atoms with Crippen molar-refractivity contribution in [3.05, 3.63) is 32.3 Å². The number of carbonyl (C=O) groups is 1. The van der Waals surface area contributed by atoms with Crippen molar-refractivity contribution in [2.75, 3.05) is 25.6 Å². The molecule has 0 amide bonds. The maximum Gasteiger partial charge on any atom is 0.344 e. The Morgan fingerprint density at radius 2 is 2.35 bits per heavy atom. The lowest BCUT2D eigenvalue weighted by Crippen LogP contribution is -2.19. The average Bonchev–Trinajstić information content (AvgIpc) is 2.92. The van der Waals surface area contributed by atoms with Crippen LogP contribution in [0.5, 0.6) is 0 Å². The highest BCUT2D eigenvalue weighted by atomic mass is 79.9. The van der Waals surface area contributed by atoms with E-state index in [2.05, 4.69) is 26.0 Å². The number of ether oxygens (including phenoxy) is 2. The lowest BCUT2D eigenvalue weighted by molar-refractivity contribution is -0.385. The van der Waals surface area contributed by atoms with Gasteiger partial charge in [0, 0.05) is 17.1 Å². The van der Waals surface area contributed by atoms with Gasteiger partial charge in [-0.05, 0) is 28.4 Å². The molecule has 20 heavy (non-hydrogen) atoms. The van der Waals surface area contributed by atoms with E-state index in [1.807, 2.05) is 0 Å². The van der Waals surface area contributed by atoms with E-state index in [4.69, 9.17) is 4.74 Å². The van der Waals surface area contributed by atoms with Gasteiger partial charge < -0.3 is 14.8 Å². The molecule has 1 aromatic rings. The van der Waals surface area contributed by atoms with Crippen molar-refractivity contribution >= 4 is 33.3 Å². The molecule has 0 aliphatic carbocycles. The number of nitrogens with zero attached hydrogens (tertiary/aromatic N) is 1. The first kappa shape index (κ1) is 14.7. The zero-order valence-electron chi connectivity index (χ0n) is 10.7. The van der Waals surface area contributed by atoms with Crippen molar-refractivity contribution in [2.24, 2.45) is 0 Å². The molecular weight excluding hydrogens is 332 g/mol. The zero-order valence-corrected chi connectivity index (χ0v) is 12.3. The topological polar surface area (TPSA) is 90.7 Å². The Kier molecular flexibility index (Phi) is 4.56. The molecule has 7 nitrogen and oxygen atoms in total. The molecule has 1 heterocycles. The Balaban J connectivity index is 2.37. The molecule has 8 heteroatoms. The number of carbonyl (C=O) groups excluding carboxylic acids is 1. The van der Waals surface area contributed by atoms with E-state index >= 15 is 0 Å². The Bertz CT molecular complexity index is 543. The summed E-state index contributed by atoms with van der Waals surface area (Å²) < 4.78 is 10.4. The number of hydrogen-bond acceptors (Lipinski definition) is 6. The summed E-state index contributed by atoms with van der Waals surface area (Å²) >= 11 is 3.27. The quantitative estimate of drug-likeness (QED) is 0.512. The summed E-state index contributed by atoms with van der Waals surface area (Å²) in [5.41, 5.74) is 0.227. The molecular formula is C12H13BrN2O5. The van der Waals surface area contributed by atoms with Crippen molar-refractivity contribution in [3.8, 4) is 0 Å². The van der Waals surface area contributed by atoms with Gasteiger partial charge in [0.15, 0.2) is 0 Å². The maximum absolute atomic E-state index is 11.6. The van der Waals surface area contributed by atoms with E-state index in [1.54, 1.807) is 0 Å². The molecule has 0 aromatic heterocycles. The highest BCUT2D eigenvalue weighted by Gasteiger charge is 2.25. The molecule has 1 atom stereocenters.